The summed E-state index contributed by atoms with van der Waals surface area (Å²) >= 11 is 6.58. The second-order valence-electron chi connectivity index (χ2n) is 9.74. The van der Waals surface area contributed by atoms with Crippen LogP contribution in [0.2, 0.25) is 0 Å². The summed E-state index contributed by atoms with van der Waals surface area (Å²) in [6.45, 7) is 0. The van der Waals surface area contributed by atoms with Gasteiger partial charge in [0.1, 0.15) is 0 Å². The molecule has 0 aliphatic carbocycles. The van der Waals surface area contributed by atoms with Crippen LogP contribution in [0.15, 0.2) is 152 Å². The quantitative estimate of drug-likeness (QED) is 0.162. The molecule has 0 atom stereocenters. The number of aromatic nitrogens is 2. The zero-order chi connectivity index (χ0) is 26.9. The van der Waals surface area contributed by atoms with Gasteiger partial charge in [0.2, 0.25) is 0 Å². The van der Waals surface area contributed by atoms with Crippen LogP contribution in [0, 0.1) is 0 Å². The molecule has 0 bridgehead atoms. The number of rotatable bonds is 5. The molecule has 190 valence electrons. The molecule has 4 heteroatoms. The normalized spacial score (nSPS) is 11.6. The molecular weight excluding hydrogens is 523 g/mol. The lowest BCUT2D eigenvalue weighted by atomic mass is 9.90. The topological polar surface area (TPSA) is 25.8 Å². The monoisotopic (exact) mass is 548 g/mol. The Labute approximate surface area is 239 Å². The van der Waals surface area contributed by atoms with E-state index < -0.39 is 6.04 Å². The Bertz CT molecular complexity index is 1910. The van der Waals surface area contributed by atoms with Gasteiger partial charge in [-0.1, -0.05) is 139 Å². The molecule has 7 aromatic rings. The van der Waals surface area contributed by atoms with E-state index in [-0.39, 0.29) is 0 Å². The van der Waals surface area contributed by atoms with E-state index in [2.05, 4.69) is 109 Å². The summed E-state index contributed by atoms with van der Waals surface area (Å²) in [5.74, 6) is 0. The fraction of sp³-hybridized carbons (Fsp3) is 0. The van der Waals surface area contributed by atoms with Crippen LogP contribution in [-0.2, 0) is 11.8 Å². The highest BCUT2D eigenvalue weighted by Crippen LogP contribution is 2.45. The molecule has 2 heterocycles. The summed E-state index contributed by atoms with van der Waals surface area (Å²) in [5, 5.41) is 5.74. The van der Waals surface area contributed by atoms with E-state index in [1.54, 1.807) is 0 Å². The van der Waals surface area contributed by atoms with Gasteiger partial charge in [0.15, 0.2) is 0 Å². The van der Waals surface area contributed by atoms with Gasteiger partial charge in [-0.05, 0) is 39.2 Å². The van der Waals surface area contributed by atoms with Crippen LogP contribution in [0.5, 0.6) is 0 Å². The van der Waals surface area contributed by atoms with Crippen LogP contribution in [-0.4, -0.2) is 9.97 Å². The van der Waals surface area contributed by atoms with E-state index in [9.17, 15) is 0 Å². The molecule has 0 aliphatic heterocycles. The van der Waals surface area contributed by atoms with E-state index >= 15 is 0 Å². The van der Waals surface area contributed by atoms with Crippen molar-refractivity contribution in [2.24, 2.45) is 0 Å². The molecular formula is C36H25N2PS. The Kier molecular flexibility index (Phi) is 6.32. The molecule has 0 unspecified atom stereocenters. The second-order valence-corrected chi connectivity index (χ2v) is 14.2. The van der Waals surface area contributed by atoms with Gasteiger partial charge >= 0.3 is 0 Å². The van der Waals surface area contributed by atoms with Crippen molar-refractivity contribution < 1.29 is 0 Å². The van der Waals surface area contributed by atoms with Gasteiger partial charge in [-0.25, -0.2) is 0 Å². The lowest BCUT2D eigenvalue weighted by Crippen LogP contribution is -2.24. The summed E-state index contributed by atoms with van der Waals surface area (Å²) in [5.41, 5.74) is 6.40. The maximum absolute atomic E-state index is 6.58. The number of hydrogen-bond donors (Lipinski definition) is 0. The maximum Gasteiger partial charge on any atom is 0.0794 e. The summed E-state index contributed by atoms with van der Waals surface area (Å²) in [7, 11) is 0. The average Bonchev–Trinajstić information content (AvgIpc) is 3.04. The van der Waals surface area contributed by atoms with Crippen molar-refractivity contribution in [1.82, 2.24) is 9.97 Å². The van der Waals surface area contributed by atoms with Crippen molar-refractivity contribution >= 4 is 55.6 Å². The fourth-order valence-electron chi connectivity index (χ4n) is 5.62. The van der Waals surface area contributed by atoms with Gasteiger partial charge in [-0.2, -0.15) is 0 Å². The molecule has 0 radical (unpaired) electrons. The SMILES string of the molecule is S=P(c1ccccc1)(c1ccccc1)c1ccc(-c2c3cccnc3c(-c3ccccc3)c3cccnc23)cc1. The van der Waals surface area contributed by atoms with Gasteiger partial charge in [0.05, 0.1) is 11.0 Å². The summed E-state index contributed by atoms with van der Waals surface area (Å²) in [6, 6.07) is 46.5. The van der Waals surface area contributed by atoms with Gasteiger partial charge in [0.25, 0.3) is 0 Å². The van der Waals surface area contributed by atoms with Crippen molar-refractivity contribution in [3.8, 4) is 22.3 Å². The number of pyridine rings is 2. The lowest BCUT2D eigenvalue weighted by molar-refractivity contribution is 1.39. The third-order valence-corrected chi connectivity index (χ3v) is 12.4. The Hall–Kier alpha value is -4.43. The molecule has 0 amide bonds. The van der Waals surface area contributed by atoms with Crippen LogP contribution >= 0.6 is 6.04 Å². The van der Waals surface area contributed by atoms with Crippen molar-refractivity contribution in [2.75, 3.05) is 0 Å². The van der Waals surface area contributed by atoms with Gasteiger partial charge in [-0.3, -0.25) is 9.97 Å². The number of benzene rings is 5. The molecule has 0 saturated carbocycles. The highest BCUT2D eigenvalue weighted by Gasteiger charge is 2.25. The Morgan fingerprint density at radius 3 is 1.27 bits per heavy atom. The molecule has 7 rings (SSSR count). The Morgan fingerprint density at radius 2 is 0.800 bits per heavy atom. The number of hydrogen-bond acceptors (Lipinski definition) is 3. The first-order valence-electron chi connectivity index (χ1n) is 13.3. The van der Waals surface area contributed by atoms with Crippen LogP contribution < -0.4 is 15.9 Å². The third kappa shape index (κ3) is 4.07. The second kappa shape index (κ2) is 10.3. The van der Waals surface area contributed by atoms with Crippen molar-refractivity contribution in [3.05, 3.63) is 152 Å². The summed E-state index contributed by atoms with van der Waals surface area (Å²) in [6.07, 6.45) is 3.75. The Balaban J connectivity index is 1.46. The van der Waals surface area contributed by atoms with Gasteiger partial charge in [-0.15, -0.1) is 0 Å². The molecule has 0 spiro atoms. The number of nitrogens with zero attached hydrogens (tertiary/aromatic N) is 2. The standard InChI is InChI=1S/C36H25N2PS/c40-39(28-14-6-2-7-15-28,29-16-8-3-9-17-29)30-22-20-27(21-23-30)34-32-19-11-24-37-35(32)33(26-12-4-1-5-13-26)31-18-10-25-38-36(31)34/h1-25H. The zero-order valence-corrected chi connectivity index (χ0v) is 23.4. The van der Waals surface area contributed by atoms with Gasteiger partial charge in [0, 0.05) is 40.3 Å². The Morgan fingerprint density at radius 1 is 0.400 bits per heavy atom. The highest BCUT2D eigenvalue weighted by atomic mass is 32.4. The highest BCUT2D eigenvalue weighted by molar-refractivity contribution is 8.25. The molecule has 5 aromatic carbocycles. The summed E-state index contributed by atoms with van der Waals surface area (Å²) < 4.78 is 0. The van der Waals surface area contributed by atoms with Crippen LogP contribution in [0.1, 0.15) is 0 Å². The molecule has 2 nitrogen and oxygen atoms in total. The van der Waals surface area contributed by atoms with E-state index in [4.69, 9.17) is 21.8 Å². The van der Waals surface area contributed by atoms with E-state index in [0.717, 1.165) is 44.1 Å². The largest absolute Gasteiger partial charge is 0.256 e. The van der Waals surface area contributed by atoms with E-state index in [1.165, 1.54) is 15.9 Å². The lowest BCUT2D eigenvalue weighted by Gasteiger charge is -2.24. The predicted molar refractivity (Wildman–Crippen MR) is 174 cm³/mol. The predicted octanol–water partition coefficient (Wildman–Crippen LogP) is 7.87. The number of fused-ring (bicyclic) bond motifs is 2. The van der Waals surface area contributed by atoms with Crippen molar-refractivity contribution in [1.29, 1.82) is 0 Å². The third-order valence-electron chi connectivity index (χ3n) is 7.45. The van der Waals surface area contributed by atoms with Crippen LogP contribution in [0.4, 0.5) is 0 Å². The first kappa shape index (κ1) is 24.6. The first-order valence-corrected chi connectivity index (χ1v) is 16.1. The van der Waals surface area contributed by atoms with E-state index in [1.807, 2.05) is 42.7 Å². The molecule has 0 aliphatic rings. The van der Waals surface area contributed by atoms with Crippen LogP contribution in [0.3, 0.4) is 0 Å². The average molecular weight is 549 g/mol. The molecule has 0 fully saturated rings. The molecule has 0 N–H and O–H groups in total. The fourth-order valence-corrected chi connectivity index (χ4v) is 9.36. The van der Waals surface area contributed by atoms with Crippen molar-refractivity contribution in [3.63, 3.8) is 0 Å². The molecule has 2 aromatic heterocycles. The molecule has 0 saturated heterocycles. The zero-order valence-electron chi connectivity index (χ0n) is 21.7. The van der Waals surface area contributed by atoms with Gasteiger partial charge < -0.3 is 0 Å². The summed E-state index contributed by atoms with van der Waals surface area (Å²) in [4.78, 5) is 9.81. The van der Waals surface area contributed by atoms with Crippen molar-refractivity contribution in [2.45, 2.75) is 0 Å². The van der Waals surface area contributed by atoms with E-state index in [0.29, 0.717) is 0 Å². The smallest absolute Gasteiger partial charge is 0.0794 e. The minimum Gasteiger partial charge on any atom is -0.256 e. The minimum atomic E-state index is -2.23. The minimum absolute atomic E-state index is 0.972. The first-order chi connectivity index (χ1) is 19.7. The van der Waals surface area contributed by atoms with Crippen LogP contribution in [0.25, 0.3) is 44.1 Å². The maximum atomic E-state index is 6.58. The molecule has 40 heavy (non-hydrogen) atoms.